The molecule has 2 N–H and O–H groups in total. The van der Waals surface area contributed by atoms with Crippen molar-refractivity contribution >= 4 is 28.6 Å². The summed E-state index contributed by atoms with van der Waals surface area (Å²) in [5.74, 6) is 6.18. The molecule has 0 aliphatic heterocycles. The predicted octanol–water partition coefficient (Wildman–Crippen LogP) is 6.66. The maximum absolute atomic E-state index is 15.1. The largest absolute Gasteiger partial charge is 0.457 e. The molecule has 0 radical (unpaired) electrons. The van der Waals surface area contributed by atoms with Gasteiger partial charge >= 0.3 is 0 Å². The summed E-state index contributed by atoms with van der Waals surface area (Å²) >= 11 is 0. The summed E-state index contributed by atoms with van der Waals surface area (Å²) in [5.41, 5.74) is 5.44. The SMILES string of the molecule is CCc1cc(NC(=O)c2cc(C#Cc3cnc4c(Nc5cnn(C)c5)cccn34)c(C)cc2F)cc(Oc2ccncc2)c1. The van der Waals surface area contributed by atoms with Crippen molar-refractivity contribution in [1.29, 1.82) is 0 Å². The Kier molecular flexibility index (Phi) is 7.76. The highest BCUT2D eigenvalue weighted by Gasteiger charge is 2.16. The first-order valence-corrected chi connectivity index (χ1v) is 13.9. The normalized spacial score (nSPS) is 10.7. The number of hydrogen-bond donors (Lipinski definition) is 2. The van der Waals surface area contributed by atoms with Gasteiger partial charge in [-0.1, -0.05) is 12.8 Å². The summed E-state index contributed by atoms with van der Waals surface area (Å²) in [6, 6.07) is 15.5. The molecule has 1 amide bonds. The first kappa shape index (κ1) is 28.2. The van der Waals surface area contributed by atoms with E-state index in [2.05, 4.69) is 37.5 Å². The number of halogens is 1. The molecule has 0 unspecified atom stereocenters. The molecule has 2 aromatic carbocycles. The van der Waals surface area contributed by atoms with Gasteiger partial charge in [0.2, 0.25) is 0 Å². The smallest absolute Gasteiger partial charge is 0.258 e. The van der Waals surface area contributed by atoms with Crippen molar-refractivity contribution in [3.63, 3.8) is 0 Å². The van der Waals surface area contributed by atoms with Gasteiger partial charge in [0, 0.05) is 49.2 Å². The zero-order chi connectivity index (χ0) is 30.6. The molecule has 0 atom stereocenters. The van der Waals surface area contributed by atoms with Gasteiger partial charge in [-0.2, -0.15) is 5.10 Å². The van der Waals surface area contributed by atoms with Gasteiger partial charge < -0.3 is 15.4 Å². The van der Waals surface area contributed by atoms with Gasteiger partial charge in [0.15, 0.2) is 5.65 Å². The third-order valence-corrected chi connectivity index (χ3v) is 6.92. The Morgan fingerprint density at radius 1 is 1.02 bits per heavy atom. The number of pyridine rings is 2. The van der Waals surface area contributed by atoms with E-state index < -0.39 is 11.7 Å². The molecule has 0 aliphatic carbocycles. The van der Waals surface area contributed by atoms with Crippen LogP contribution in [0, 0.1) is 24.6 Å². The van der Waals surface area contributed by atoms with Crippen LogP contribution in [0.2, 0.25) is 0 Å². The van der Waals surface area contributed by atoms with Crippen LogP contribution < -0.4 is 15.4 Å². The number of nitrogens with one attached hydrogen (secondary N) is 2. The number of aromatic nitrogens is 5. The number of rotatable bonds is 7. The average molecular weight is 586 g/mol. The second kappa shape index (κ2) is 12.1. The molecule has 6 rings (SSSR count). The number of imidazole rings is 1. The Morgan fingerprint density at radius 2 is 1.86 bits per heavy atom. The Bertz CT molecular complexity index is 2060. The third-order valence-electron chi connectivity index (χ3n) is 6.92. The minimum Gasteiger partial charge on any atom is -0.457 e. The van der Waals surface area contributed by atoms with Crippen molar-refractivity contribution in [2.75, 3.05) is 10.6 Å². The van der Waals surface area contributed by atoms with E-state index in [9.17, 15) is 4.79 Å². The van der Waals surface area contributed by atoms with Crippen molar-refractivity contribution in [3.8, 4) is 23.3 Å². The zero-order valence-electron chi connectivity index (χ0n) is 24.3. The maximum Gasteiger partial charge on any atom is 0.258 e. The topological polar surface area (TPSA) is 98.4 Å². The number of amides is 1. The van der Waals surface area contributed by atoms with Crippen molar-refractivity contribution in [1.82, 2.24) is 24.1 Å². The molecular weight excluding hydrogens is 557 g/mol. The van der Waals surface area contributed by atoms with Crippen LogP contribution in [0.25, 0.3) is 5.65 Å². The number of carbonyl (C=O) groups is 1. The minimum absolute atomic E-state index is 0.112. The van der Waals surface area contributed by atoms with Crippen LogP contribution in [0.15, 0.2) is 91.8 Å². The van der Waals surface area contributed by atoms with Crippen molar-refractivity contribution in [2.24, 2.45) is 7.05 Å². The number of anilines is 3. The molecule has 0 saturated heterocycles. The monoisotopic (exact) mass is 585 g/mol. The van der Waals surface area contributed by atoms with Crippen molar-refractivity contribution < 1.29 is 13.9 Å². The van der Waals surface area contributed by atoms with E-state index in [-0.39, 0.29) is 5.56 Å². The number of hydrogen-bond acceptors (Lipinski definition) is 6. The fraction of sp³-hybridized carbons (Fsp3) is 0.118. The first-order valence-electron chi connectivity index (χ1n) is 13.9. The number of carbonyl (C=O) groups excluding carboxylic acids is 1. The van der Waals surface area contributed by atoms with Crippen molar-refractivity contribution in [2.45, 2.75) is 20.3 Å². The molecule has 4 aromatic heterocycles. The average Bonchev–Trinajstić information content (AvgIpc) is 3.63. The summed E-state index contributed by atoms with van der Waals surface area (Å²) in [6.07, 6.45) is 11.1. The number of fused-ring (bicyclic) bond motifs is 1. The van der Waals surface area contributed by atoms with E-state index >= 15 is 4.39 Å². The van der Waals surface area contributed by atoms with E-state index in [1.54, 1.807) is 54.6 Å². The van der Waals surface area contributed by atoms with Gasteiger partial charge in [0.1, 0.15) is 23.0 Å². The van der Waals surface area contributed by atoms with Crippen LogP contribution in [-0.4, -0.2) is 30.1 Å². The quantitative estimate of drug-likeness (QED) is 0.203. The lowest BCUT2D eigenvalue weighted by atomic mass is 10.0. The van der Waals surface area contributed by atoms with Crippen LogP contribution in [0.1, 0.15) is 39.7 Å². The van der Waals surface area contributed by atoms with Crippen LogP contribution in [0.5, 0.6) is 11.5 Å². The highest BCUT2D eigenvalue weighted by atomic mass is 19.1. The van der Waals surface area contributed by atoms with Gasteiger partial charge in [-0.05, 0) is 78.9 Å². The summed E-state index contributed by atoms with van der Waals surface area (Å²) in [6.45, 7) is 3.76. The molecule has 4 heterocycles. The van der Waals surface area contributed by atoms with E-state index in [1.807, 2.05) is 55.0 Å². The first-order chi connectivity index (χ1) is 21.4. The van der Waals surface area contributed by atoms with Gasteiger partial charge in [0.25, 0.3) is 5.91 Å². The van der Waals surface area contributed by atoms with Gasteiger partial charge in [-0.25, -0.2) is 9.37 Å². The van der Waals surface area contributed by atoms with Crippen molar-refractivity contribution in [3.05, 3.63) is 126 Å². The fourth-order valence-corrected chi connectivity index (χ4v) is 4.69. The number of benzene rings is 2. The highest BCUT2D eigenvalue weighted by Crippen LogP contribution is 2.27. The second-order valence-electron chi connectivity index (χ2n) is 10.1. The number of aryl methyl sites for hydroxylation is 3. The third kappa shape index (κ3) is 6.12. The molecule has 218 valence electrons. The van der Waals surface area contributed by atoms with Gasteiger partial charge in [0.05, 0.1) is 29.3 Å². The van der Waals surface area contributed by atoms with E-state index in [4.69, 9.17) is 4.74 Å². The lowest BCUT2D eigenvalue weighted by molar-refractivity contribution is 0.102. The number of ether oxygens (including phenoxy) is 1. The molecule has 44 heavy (non-hydrogen) atoms. The Balaban J connectivity index is 1.25. The summed E-state index contributed by atoms with van der Waals surface area (Å²) < 4.78 is 24.6. The second-order valence-corrected chi connectivity index (χ2v) is 10.1. The molecule has 0 fully saturated rings. The summed E-state index contributed by atoms with van der Waals surface area (Å²) in [4.78, 5) is 21.8. The zero-order valence-corrected chi connectivity index (χ0v) is 24.3. The Morgan fingerprint density at radius 3 is 2.64 bits per heavy atom. The maximum atomic E-state index is 15.1. The van der Waals surface area contributed by atoms with E-state index in [0.717, 1.165) is 23.4 Å². The molecule has 0 aliphatic rings. The molecule has 0 spiro atoms. The van der Waals surface area contributed by atoms with E-state index in [0.29, 0.717) is 39.7 Å². The Labute approximate surface area is 253 Å². The standard InChI is InChI=1S/C34H28FN7O2/c1-4-23-15-25(18-29(16-23)44-28-9-11-36-12-10-28)40-34(43)30-17-24(22(2)14-31(30)35)7-8-27-20-37-33-32(6-5-13-42(27)33)39-26-19-38-41(3)21-26/h5-6,9-21,39H,4H2,1-3H3,(H,40,43). The Hall–Kier alpha value is -5.95. The molecule has 10 heteroatoms. The lowest BCUT2D eigenvalue weighted by Gasteiger charge is -2.12. The molecule has 0 saturated carbocycles. The predicted molar refractivity (Wildman–Crippen MR) is 167 cm³/mol. The summed E-state index contributed by atoms with van der Waals surface area (Å²) in [7, 11) is 1.85. The van der Waals surface area contributed by atoms with Gasteiger partial charge in [-0.15, -0.1) is 0 Å². The molecule has 0 bridgehead atoms. The summed E-state index contributed by atoms with van der Waals surface area (Å²) in [5, 5.41) is 10.3. The van der Waals surface area contributed by atoms with Crippen LogP contribution in [-0.2, 0) is 13.5 Å². The van der Waals surface area contributed by atoms with Crippen LogP contribution in [0.3, 0.4) is 0 Å². The fourth-order valence-electron chi connectivity index (χ4n) is 4.69. The van der Waals surface area contributed by atoms with Crippen LogP contribution in [0.4, 0.5) is 21.5 Å². The molecule has 9 nitrogen and oxygen atoms in total. The van der Waals surface area contributed by atoms with E-state index in [1.165, 1.54) is 12.1 Å². The van der Waals surface area contributed by atoms with Gasteiger partial charge in [-0.3, -0.25) is 18.9 Å². The van der Waals surface area contributed by atoms with Crippen LogP contribution >= 0.6 is 0 Å². The molecular formula is C34H28FN7O2. The molecule has 6 aromatic rings. The highest BCUT2D eigenvalue weighted by molar-refractivity contribution is 6.05. The minimum atomic E-state index is -0.633. The lowest BCUT2D eigenvalue weighted by Crippen LogP contribution is -2.14. The number of nitrogens with zero attached hydrogens (tertiary/aromatic N) is 5.